The van der Waals surface area contributed by atoms with Crippen LogP contribution in [0.5, 0.6) is 0 Å². The predicted octanol–water partition coefficient (Wildman–Crippen LogP) is 14.8. The molecule has 54 heavy (non-hydrogen) atoms. The highest BCUT2D eigenvalue weighted by molar-refractivity contribution is 5.87. The molecule has 0 heterocycles. The lowest BCUT2D eigenvalue weighted by atomic mass is 9.82. The van der Waals surface area contributed by atoms with Crippen molar-refractivity contribution >= 4 is 17.1 Å². The molecule has 1 nitrogen and oxygen atoms in total. The van der Waals surface area contributed by atoms with Crippen LogP contribution in [-0.2, 0) is 17.0 Å². The number of fused-ring (bicyclic) bond motifs is 3. The van der Waals surface area contributed by atoms with Gasteiger partial charge in [0.2, 0.25) is 0 Å². The van der Waals surface area contributed by atoms with Gasteiger partial charge >= 0.3 is 6.18 Å². The van der Waals surface area contributed by atoms with Crippen LogP contribution in [0.4, 0.5) is 30.2 Å². The van der Waals surface area contributed by atoms with Gasteiger partial charge in [0.1, 0.15) is 0 Å². The van der Waals surface area contributed by atoms with E-state index in [2.05, 4.69) is 161 Å². The number of benzene rings is 7. The van der Waals surface area contributed by atoms with Crippen molar-refractivity contribution in [1.82, 2.24) is 0 Å². The van der Waals surface area contributed by atoms with E-state index in [-0.39, 0.29) is 10.8 Å². The molecular formula is C50H42F3N. The fourth-order valence-electron chi connectivity index (χ4n) is 7.91. The van der Waals surface area contributed by atoms with Gasteiger partial charge in [-0.3, -0.25) is 0 Å². The van der Waals surface area contributed by atoms with Crippen molar-refractivity contribution in [3.8, 4) is 44.5 Å². The van der Waals surface area contributed by atoms with Gasteiger partial charge in [-0.25, -0.2) is 0 Å². The summed E-state index contributed by atoms with van der Waals surface area (Å²) in [7, 11) is 0. The maximum atomic E-state index is 13.3. The first-order chi connectivity index (χ1) is 25.8. The molecule has 8 rings (SSSR count). The summed E-state index contributed by atoms with van der Waals surface area (Å²) >= 11 is 0. The van der Waals surface area contributed by atoms with E-state index >= 15 is 0 Å². The molecule has 0 saturated heterocycles. The first-order valence-corrected chi connectivity index (χ1v) is 18.4. The fraction of sp³-hybridized carbons (Fsp3) is 0.160. The summed E-state index contributed by atoms with van der Waals surface area (Å²) in [4.78, 5) is 2.33. The predicted molar refractivity (Wildman–Crippen MR) is 219 cm³/mol. The van der Waals surface area contributed by atoms with Crippen LogP contribution in [0.1, 0.15) is 56.9 Å². The highest BCUT2D eigenvalue weighted by atomic mass is 19.4. The summed E-state index contributed by atoms with van der Waals surface area (Å²) in [5.74, 6) is 0. The van der Waals surface area contributed by atoms with Gasteiger partial charge < -0.3 is 4.90 Å². The maximum Gasteiger partial charge on any atom is 0.416 e. The molecule has 1 aliphatic rings. The molecule has 0 N–H and O–H groups in total. The van der Waals surface area contributed by atoms with E-state index in [0.29, 0.717) is 0 Å². The minimum Gasteiger partial charge on any atom is -0.310 e. The molecule has 268 valence electrons. The summed E-state index contributed by atoms with van der Waals surface area (Å²) in [5.41, 5.74) is 14.6. The summed E-state index contributed by atoms with van der Waals surface area (Å²) in [6.07, 6.45) is -4.37. The molecule has 7 aromatic carbocycles. The van der Waals surface area contributed by atoms with Crippen LogP contribution in [0.3, 0.4) is 0 Å². The number of halogens is 3. The maximum absolute atomic E-state index is 13.3. The van der Waals surface area contributed by atoms with Crippen molar-refractivity contribution in [3.05, 3.63) is 186 Å². The Bertz CT molecular complexity index is 2450. The Balaban J connectivity index is 1.25. The Hall–Kier alpha value is -5.87. The molecule has 0 saturated carbocycles. The van der Waals surface area contributed by atoms with Crippen LogP contribution < -0.4 is 4.90 Å². The van der Waals surface area contributed by atoms with E-state index in [1.807, 2.05) is 18.2 Å². The zero-order chi connectivity index (χ0) is 37.8. The lowest BCUT2D eigenvalue weighted by Crippen LogP contribution is -2.20. The van der Waals surface area contributed by atoms with E-state index in [1.54, 1.807) is 12.1 Å². The van der Waals surface area contributed by atoms with Crippen molar-refractivity contribution in [3.63, 3.8) is 0 Å². The van der Waals surface area contributed by atoms with Crippen molar-refractivity contribution in [2.75, 3.05) is 4.90 Å². The number of alkyl halides is 3. The normalized spacial score (nSPS) is 13.3. The molecule has 1 aliphatic carbocycles. The minimum atomic E-state index is -4.37. The number of nitrogens with zero attached hydrogens (tertiary/aromatic N) is 1. The van der Waals surface area contributed by atoms with Gasteiger partial charge in [0.25, 0.3) is 0 Å². The molecule has 0 spiro atoms. The second-order valence-electron chi connectivity index (χ2n) is 15.8. The lowest BCUT2D eigenvalue weighted by molar-refractivity contribution is -0.137. The van der Waals surface area contributed by atoms with Crippen molar-refractivity contribution in [2.45, 2.75) is 51.6 Å². The van der Waals surface area contributed by atoms with Gasteiger partial charge in [0, 0.05) is 22.5 Å². The fourth-order valence-corrected chi connectivity index (χ4v) is 7.91. The SMILES string of the molecule is CC(C)(C)c1cc(-c2ccc(-c3ccccc3)cc2)ccc1N(c1ccc(-c2ccc(C(F)(F)F)cc2)cc1)c1ccc2c(c1)C(C)(C)c1ccccc1-2. The van der Waals surface area contributed by atoms with Crippen LogP contribution in [-0.4, -0.2) is 0 Å². The molecule has 0 amide bonds. The van der Waals surface area contributed by atoms with Gasteiger partial charge in [-0.2, -0.15) is 13.2 Å². The smallest absolute Gasteiger partial charge is 0.310 e. The van der Waals surface area contributed by atoms with Crippen LogP contribution >= 0.6 is 0 Å². The first kappa shape index (κ1) is 35.2. The molecule has 4 heteroatoms. The highest BCUT2D eigenvalue weighted by Crippen LogP contribution is 2.51. The molecule has 0 atom stereocenters. The summed E-state index contributed by atoms with van der Waals surface area (Å²) in [6, 6.07) is 54.9. The third-order valence-corrected chi connectivity index (χ3v) is 10.9. The Labute approximate surface area is 316 Å². The molecule has 0 radical (unpaired) electrons. The number of hydrogen-bond acceptors (Lipinski definition) is 1. The van der Waals surface area contributed by atoms with Crippen LogP contribution in [0, 0.1) is 0 Å². The number of hydrogen-bond donors (Lipinski definition) is 0. The van der Waals surface area contributed by atoms with E-state index < -0.39 is 11.7 Å². The second kappa shape index (κ2) is 13.2. The average molecular weight is 714 g/mol. The summed E-state index contributed by atoms with van der Waals surface area (Å²) in [6.45, 7) is 11.3. The largest absolute Gasteiger partial charge is 0.416 e. The van der Waals surface area contributed by atoms with Gasteiger partial charge in [-0.15, -0.1) is 0 Å². The Morgan fingerprint density at radius 2 is 0.926 bits per heavy atom. The van der Waals surface area contributed by atoms with Crippen molar-refractivity contribution in [1.29, 1.82) is 0 Å². The van der Waals surface area contributed by atoms with Crippen molar-refractivity contribution < 1.29 is 13.2 Å². The molecule has 0 fully saturated rings. The van der Waals surface area contributed by atoms with E-state index in [4.69, 9.17) is 0 Å². The summed E-state index contributed by atoms with van der Waals surface area (Å²) < 4.78 is 39.9. The zero-order valence-electron chi connectivity index (χ0n) is 31.2. The lowest BCUT2D eigenvalue weighted by Gasteiger charge is -2.33. The molecule has 0 bridgehead atoms. The average Bonchev–Trinajstić information content (AvgIpc) is 3.40. The van der Waals surface area contributed by atoms with Gasteiger partial charge in [0.15, 0.2) is 0 Å². The third kappa shape index (κ3) is 6.40. The highest BCUT2D eigenvalue weighted by Gasteiger charge is 2.36. The first-order valence-electron chi connectivity index (χ1n) is 18.4. The van der Waals surface area contributed by atoms with Gasteiger partial charge in [-0.05, 0) is 115 Å². The van der Waals surface area contributed by atoms with Crippen LogP contribution in [0.15, 0.2) is 164 Å². The molecule has 0 unspecified atom stereocenters. The van der Waals surface area contributed by atoms with E-state index in [9.17, 15) is 13.2 Å². The Morgan fingerprint density at radius 1 is 0.444 bits per heavy atom. The molecule has 0 aliphatic heterocycles. The quantitative estimate of drug-likeness (QED) is 0.166. The Kier molecular flexibility index (Phi) is 8.61. The summed E-state index contributed by atoms with van der Waals surface area (Å²) in [5, 5.41) is 0. The molecular weight excluding hydrogens is 672 g/mol. The third-order valence-electron chi connectivity index (χ3n) is 10.9. The standard InChI is InChI=1S/C50H42F3N/c1-48(2,3)46-31-38(37-17-15-34(16-18-37)33-11-7-6-8-12-33)23-30-47(46)54(40-26-21-36(22-27-40)35-19-24-39(25-20-35)50(51,52)53)41-28-29-43-42-13-9-10-14-44(42)49(4,5)45(43)32-41/h6-32H,1-5H3. The van der Waals surface area contributed by atoms with Gasteiger partial charge in [0.05, 0.1) is 5.56 Å². The minimum absolute atomic E-state index is 0.178. The molecule has 7 aromatic rings. The topological polar surface area (TPSA) is 3.24 Å². The number of anilines is 3. The van der Waals surface area contributed by atoms with Crippen LogP contribution in [0.25, 0.3) is 44.5 Å². The Morgan fingerprint density at radius 3 is 1.54 bits per heavy atom. The number of rotatable bonds is 6. The van der Waals surface area contributed by atoms with Gasteiger partial charge in [-0.1, -0.05) is 150 Å². The van der Waals surface area contributed by atoms with E-state index in [1.165, 1.54) is 38.9 Å². The van der Waals surface area contributed by atoms with E-state index in [0.717, 1.165) is 51.4 Å². The molecule has 0 aromatic heterocycles. The van der Waals surface area contributed by atoms with Crippen molar-refractivity contribution in [2.24, 2.45) is 0 Å². The zero-order valence-corrected chi connectivity index (χ0v) is 31.2. The van der Waals surface area contributed by atoms with Crippen LogP contribution in [0.2, 0.25) is 0 Å². The monoisotopic (exact) mass is 713 g/mol. The second-order valence-corrected chi connectivity index (χ2v) is 15.8.